The Hall–Kier alpha value is -2.99. The van der Waals surface area contributed by atoms with Crippen LogP contribution in [0, 0.1) is 6.92 Å². The molecule has 0 saturated heterocycles. The molecule has 128 valence electrons. The first-order valence-corrected chi connectivity index (χ1v) is 7.74. The molecule has 1 heterocycles. The lowest BCUT2D eigenvalue weighted by atomic mass is 9.88. The molecule has 0 amide bonds. The molecular weight excluding hydrogens is 346 g/mol. The van der Waals surface area contributed by atoms with E-state index < -0.39 is 17.9 Å². The van der Waals surface area contributed by atoms with Crippen molar-refractivity contribution in [3.8, 4) is 5.75 Å². The van der Waals surface area contributed by atoms with Crippen molar-refractivity contribution < 1.29 is 24.9 Å². The summed E-state index contributed by atoms with van der Waals surface area (Å²) in [7, 11) is 0. The summed E-state index contributed by atoms with van der Waals surface area (Å²) in [6, 6.07) is 9.11. The minimum atomic E-state index is -1.16. The average Bonchev–Trinajstić information content (AvgIpc) is 2.87. The fourth-order valence-electron chi connectivity index (χ4n) is 3.08. The minimum Gasteiger partial charge on any atom is -0.506 e. The van der Waals surface area contributed by atoms with Crippen molar-refractivity contribution in [2.45, 2.75) is 12.8 Å². The summed E-state index contributed by atoms with van der Waals surface area (Å²) < 4.78 is 0. The van der Waals surface area contributed by atoms with E-state index in [1.807, 2.05) is 0 Å². The largest absolute Gasteiger partial charge is 0.506 e. The third kappa shape index (κ3) is 2.81. The number of nitrogens with one attached hydrogen (secondary N) is 1. The molecule has 0 radical (unpaired) electrons. The highest BCUT2D eigenvalue weighted by atomic mass is 35.5. The number of fused-ring (bicyclic) bond motifs is 1. The Morgan fingerprint density at radius 3 is 2.48 bits per heavy atom. The minimum absolute atomic E-state index is 0.0371. The number of carboxylic acids is 2. The number of aryl methyl sites for hydroxylation is 1. The number of hydrogen-bond donors (Lipinski definition) is 4. The van der Waals surface area contributed by atoms with Gasteiger partial charge in [-0.15, -0.1) is 0 Å². The summed E-state index contributed by atoms with van der Waals surface area (Å²) in [6.07, 6.45) is 0. The first kappa shape index (κ1) is 16.9. The van der Waals surface area contributed by atoms with Crippen LogP contribution < -0.4 is 0 Å². The number of carbonyl (C=O) groups is 2. The molecule has 2 aromatic carbocycles. The molecule has 0 aliphatic rings. The van der Waals surface area contributed by atoms with E-state index in [1.54, 1.807) is 25.1 Å². The number of rotatable bonds is 4. The smallest absolute Gasteiger partial charge is 0.338 e. The normalized spacial score (nSPS) is 12.2. The van der Waals surface area contributed by atoms with Crippen molar-refractivity contribution in [3.63, 3.8) is 0 Å². The Labute approximate surface area is 147 Å². The van der Waals surface area contributed by atoms with Gasteiger partial charge in [-0.3, -0.25) is 4.79 Å². The van der Waals surface area contributed by atoms with Gasteiger partial charge in [0.2, 0.25) is 0 Å². The van der Waals surface area contributed by atoms with Gasteiger partial charge in [0.1, 0.15) is 11.7 Å². The standard InChI is InChI=1S/C18H14ClNO5/c1-8-14(17(22)23)16-10(3-2-4-12(16)20-8)15(18(24)25)9-5-6-11(19)13(21)7-9/h2-7,15,20-21H,1H3,(H,22,23)(H,24,25). The fourth-order valence-corrected chi connectivity index (χ4v) is 3.20. The van der Waals surface area contributed by atoms with Crippen molar-refractivity contribution in [2.75, 3.05) is 0 Å². The molecule has 0 aliphatic heterocycles. The summed E-state index contributed by atoms with van der Waals surface area (Å²) in [6.45, 7) is 1.62. The molecule has 0 bridgehead atoms. The molecule has 7 heteroatoms. The average molecular weight is 360 g/mol. The van der Waals surface area contributed by atoms with Crippen molar-refractivity contribution in [2.24, 2.45) is 0 Å². The van der Waals surface area contributed by atoms with E-state index in [0.717, 1.165) is 0 Å². The van der Waals surface area contributed by atoms with Crippen LogP contribution in [0.5, 0.6) is 5.75 Å². The van der Waals surface area contributed by atoms with Gasteiger partial charge in [0.25, 0.3) is 0 Å². The summed E-state index contributed by atoms with van der Waals surface area (Å²) in [5.41, 5.74) is 1.65. The molecule has 3 aromatic rings. The number of aromatic carboxylic acids is 1. The van der Waals surface area contributed by atoms with E-state index in [1.165, 1.54) is 18.2 Å². The zero-order chi connectivity index (χ0) is 18.3. The number of phenols is 1. The van der Waals surface area contributed by atoms with E-state index in [0.29, 0.717) is 27.7 Å². The molecular formula is C18H14ClNO5. The molecule has 0 fully saturated rings. The maximum Gasteiger partial charge on any atom is 0.338 e. The molecule has 4 N–H and O–H groups in total. The maximum atomic E-state index is 12.0. The number of hydrogen-bond acceptors (Lipinski definition) is 3. The topological polar surface area (TPSA) is 111 Å². The number of aromatic hydroxyl groups is 1. The highest BCUT2D eigenvalue weighted by molar-refractivity contribution is 6.32. The predicted octanol–water partition coefficient (Wildman–Crippen LogP) is 3.75. The van der Waals surface area contributed by atoms with Gasteiger partial charge in [0.05, 0.1) is 10.6 Å². The van der Waals surface area contributed by atoms with Gasteiger partial charge in [0.15, 0.2) is 0 Å². The second-order valence-electron chi connectivity index (χ2n) is 5.68. The van der Waals surface area contributed by atoms with Crippen LogP contribution >= 0.6 is 11.6 Å². The van der Waals surface area contributed by atoms with Crippen molar-refractivity contribution in [1.29, 1.82) is 0 Å². The van der Waals surface area contributed by atoms with E-state index in [-0.39, 0.29) is 16.3 Å². The molecule has 6 nitrogen and oxygen atoms in total. The van der Waals surface area contributed by atoms with Gasteiger partial charge in [0, 0.05) is 16.6 Å². The Morgan fingerprint density at radius 1 is 1.16 bits per heavy atom. The van der Waals surface area contributed by atoms with Crippen molar-refractivity contribution in [1.82, 2.24) is 4.98 Å². The molecule has 1 unspecified atom stereocenters. The van der Waals surface area contributed by atoms with Crippen LogP contribution in [0.2, 0.25) is 5.02 Å². The molecule has 1 atom stereocenters. The molecule has 0 aliphatic carbocycles. The van der Waals surface area contributed by atoms with Crippen LogP contribution in [0.25, 0.3) is 10.9 Å². The molecule has 0 spiro atoms. The molecule has 3 rings (SSSR count). The number of aromatic nitrogens is 1. The van der Waals surface area contributed by atoms with Crippen LogP contribution in [-0.4, -0.2) is 32.2 Å². The highest BCUT2D eigenvalue weighted by Gasteiger charge is 2.28. The van der Waals surface area contributed by atoms with Gasteiger partial charge in [-0.25, -0.2) is 4.79 Å². The first-order chi connectivity index (χ1) is 11.8. The van der Waals surface area contributed by atoms with Crippen LogP contribution in [0.15, 0.2) is 36.4 Å². The van der Waals surface area contributed by atoms with E-state index >= 15 is 0 Å². The Kier molecular flexibility index (Phi) is 4.14. The SMILES string of the molecule is Cc1[nH]c2cccc(C(C(=O)O)c3ccc(Cl)c(O)c3)c2c1C(=O)O. The van der Waals surface area contributed by atoms with E-state index in [4.69, 9.17) is 11.6 Å². The first-order valence-electron chi connectivity index (χ1n) is 7.37. The van der Waals surface area contributed by atoms with Gasteiger partial charge in [-0.1, -0.05) is 29.8 Å². The predicted molar refractivity (Wildman–Crippen MR) is 92.6 cm³/mol. The Balaban J connectivity index is 2.32. The number of halogens is 1. The van der Waals surface area contributed by atoms with Crippen LogP contribution in [-0.2, 0) is 4.79 Å². The quantitative estimate of drug-likeness (QED) is 0.567. The van der Waals surface area contributed by atoms with Gasteiger partial charge in [-0.2, -0.15) is 0 Å². The highest BCUT2D eigenvalue weighted by Crippen LogP contribution is 2.36. The zero-order valence-corrected chi connectivity index (χ0v) is 13.8. The number of aromatic amines is 1. The lowest BCUT2D eigenvalue weighted by Gasteiger charge is -2.16. The second kappa shape index (κ2) is 6.14. The lowest BCUT2D eigenvalue weighted by Crippen LogP contribution is -2.14. The number of phenolic OH excluding ortho intramolecular Hbond substituents is 1. The van der Waals surface area contributed by atoms with E-state index in [2.05, 4.69) is 4.98 Å². The summed E-state index contributed by atoms with van der Waals surface area (Å²) in [5, 5.41) is 29.5. The van der Waals surface area contributed by atoms with Crippen LogP contribution in [0.3, 0.4) is 0 Å². The number of benzene rings is 2. The molecule has 0 saturated carbocycles. The zero-order valence-electron chi connectivity index (χ0n) is 13.1. The van der Waals surface area contributed by atoms with E-state index in [9.17, 15) is 24.9 Å². The Bertz CT molecular complexity index is 1010. The van der Waals surface area contributed by atoms with Crippen molar-refractivity contribution >= 4 is 34.4 Å². The third-order valence-corrected chi connectivity index (χ3v) is 4.44. The summed E-state index contributed by atoms with van der Waals surface area (Å²) >= 11 is 5.80. The van der Waals surface area contributed by atoms with Crippen LogP contribution in [0.4, 0.5) is 0 Å². The second-order valence-corrected chi connectivity index (χ2v) is 6.09. The Morgan fingerprint density at radius 2 is 1.88 bits per heavy atom. The van der Waals surface area contributed by atoms with Gasteiger partial charge < -0.3 is 20.3 Å². The lowest BCUT2D eigenvalue weighted by molar-refractivity contribution is -0.137. The summed E-state index contributed by atoms with van der Waals surface area (Å²) in [5.74, 6) is -3.69. The number of aliphatic carboxylic acids is 1. The monoisotopic (exact) mass is 359 g/mol. The van der Waals surface area contributed by atoms with Gasteiger partial charge in [-0.05, 0) is 36.2 Å². The van der Waals surface area contributed by atoms with Crippen molar-refractivity contribution in [3.05, 3.63) is 63.8 Å². The fraction of sp³-hybridized carbons (Fsp3) is 0.111. The third-order valence-electron chi connectivity index (χ3n) is 4.12. The summed E-state index contributed by atoms with van der Waals surface area (Å²) in [4.78, 5) is 26.6. The molecule has 1 aromatic heterocycles. The molecule has 25 heavy (non-hydrogen) atoms. The van der Waals surface area contributed by atoms with Crippen LogP contribution in [0.1, 0.15) is 33.1 Å². The maximum absolute atomic E-state index is 12.0. The van der Waals surface area contributed by atoms with Gasteiger partial charge >= 0.3 is 11.9 Å². The number of carboxylic acid groups (broad SMARTS) is 2. The number of H-pyrrole nitrogens is 1.